The second-order valence-electron chi connectivity index (χ2n) is 2.96. The largest absolute Gasteiger partial charge is 0.358 e. The van der Waals surface area contributed by atoms with E-state index in [-0.39, 0.29) is 11.9 Å². The van der Waals surface area contributed by atoms with Gasteiger partial charge in [0.2, 0.25) is 5.91 Å². The molecule has 0 aromatic heterocycles. The third-order valence-electron chi connectivity index (χ3n) is 1.82. The maximum atomic E-state index is 11.3. The van der Waals surface area contributed by atoms with E-state index in [4.69, 9.17) is 0 Å². The number of rotatable bonds is 5. The summed E-state index contributed by atoms with van der Waals surface area (Å²) >= 11 is 0. The Labute approximate surface area is 74.4 Å². The maximum Gasteiger partial charge on any atom is 0.237 e. The molecule has 0 aromatic rings. The molecule has 3 heteroatoms. The molecule has 12 heavy (non-hydrogen) atoms. The van der Waals surface area contributed by atoms with Gasteiger partial charge in [0.05, 0.1) is 6.04 Å². The highest BCUT2D eigenvalue weighted by Gasteiger charge is 2.17. The van der Waals surface area contributed by atoms with Gasteiger partial charge in [0.15, 0.2) is 0 Å². The lowest BCUT2D eigenvalue weighted by Crippen LogP contribution is -2.41. The van der Waals surface area contributed by atoms with Gasteiger partial charge < -0.3 is 5.32 Å². The summed E-state index contributed by atoms with van der Waals surface area (Å²) in [6.07, 6.45) is 3.53. The molecule has 0 bridgehead atoms. The lowest BCUT2D eigenvalue weighted by molar-refractivity contribution is -0.125. The molecule has 0 saturated carbocycles. The van der Waals surface area contributed by atoms with Crippen LogP contribution in [0.5, 0.6) is 0 Å². The summed E-state index contributed by atoms with van der Waals surface area (Å²) in [5, 5.41) is 2.64. The van der Waals surface area contributed by atoms with Gasteiger partial charge in [-0.05, 0) is 26.9 Å². The van der Waals surface area contributed by atoms with Crippen LogP contribution >= 0.6 is 0 Å². The van der Waals surface area contributed by atoms with E-state index in [0.717, 1.165) is 12.8 Å². The SMILES string of the molecule is C=CCCC(C(=O)NC)N(C)C. The first-order valence-electron chi connectivity index (χ1n) is 4.12. The molecule has 1 atom stereocenters. The molecule has 0 aliphatic heterocycles. The molecule has 3 nitrogen and oxygen atoms in total. The molecule has 0 rings (SSSR count). The monoisotopic (exact) mass is 170 g/mol. The topological polar surface area (TPSA) is 32.3 Å². The number of nitrogens with zero attached hydrogens (tertiary/aromatic N) is 1. The second kappa shape index (κ2) is 5.77. The number of likely N-dealkylation sites (N-methyl/N-ethyl adjacent to an activating group) is 2. The maximum absolute atomic E-state index is 11.3. The van der Waals surface area contributed by atoms with E-state index in [1.165, 1.54) is 0 Å². The minimum atomic E-state index is -0.0343. The average molecular weight is 170 g/mol. The van der Waals surface area contributed by atoms with Crippen LogP contribution in [0.25, 0.3) is 0 Å². The van der Waals surface area contributed by atoms with Gasteiger partial charge in [-0.25, -0.2) is 0 Å². The smallest absolute Gasteiger partial charge is 0.237 e. The summed E-state index contributed by atoms with van der Waals surface area (Å²) in [6, 6.07) is -0.0343. The van der Waals surface area contributed by atoms with Crippen molar-refractivity contribution in [2.45, 2.75) is 18.9 Å². The molecule has 0 saturated heterocycles. The zero-order valence-electron chi connectivity index (χ0n) is 8.13. The molecule has 0 aliphatic rings. The van der Waals surface area contributed by atoms with Gasteiger partial charge in [0.25, 0.3) is 0 Å². The standard InChI is InChI=1S/C9H18N2O/c1-5-6-7-8(11(3)4)9(12)10-2/h5,8H,1,6-7H2,2-4H3,(H,10,12). The number of allylic oxidation sites excluding steroid dienone is 1. The Morgan fingerprint density at radius 3 is 2.58 bits per heavy atom. The van der Waals surface area contributed by atoms with E-state index in [2.05, 4.69) is 11.9 Å². The third-order valence-corrected chi connectivity index (χ3v) is 1.82. The van der Waals surface area contributed by atoms with Gasteiger partial charge in [0.1, 0.15) is 0 Å². The first kappa shape index (κ1) is 11.2. The minimum Gasteiger partial charge on any atom is -0.358 e. The van der Waals surface area contributed by atoms with Gasteiger partial charge in [0, 0.05) is 7.05 Å². The van der Waals surface area contributed by atoms with Crippen LogP contribution in [0, 0.1) is 0 Å². The van der Waals surface area contributed by atoms with Crippen molar-refractivity contribution >= 4 is 5.91 Å². The van der Waals surface area contributed by atoms with Crippen molar-refractivity contribution < 1.29 is 4.79 Å². The van der Waals surface area contributed by atoms with Crippen LogP contribution < -0.4 is 5.32 Å². The van der Waals surface area contributed by atoms with Gasteiger partial charge in [-0.15, -0.1) is 6.58 Å². The number of amides is 1. The summed E-state index contributed by atoms with van der Waals surface area (Å²) in [4.78, 5) is 13.2. The van der Waals surface area contributed by atoms with E-state index >= 15 is 0 Å². The van der Waals surface area contributed by atoms with Gasteiger partial charge in [-0.2, -0.15) is 0 Å². The summed E-state index contributed by atoms with van der Waals surface area (Å²) < 4.78 is 0. The molecule has 0 heterocycles. The van der Waals surface area contributed by atoms with Crippen LogP contribution in [0.4, 0.5) is 0 Å². The highest BCUT2D eigenvalue weighted by molar-refractivity contribution is 5.81. The number of hydrogen-bond donors (Lipinski definition) is 1. The van der Waals surface area contributed by atoms with Crippen LogP contribution in [-0.2, 0) is 4.79 Å². The molecule has 0 aromatic carbocycles. The fourth-order valence-corrected chi connectivity index (χ4v) is 1.07. The van der Waals surface area contributed by atoms with Crippen molar-refractivity contribution in [3.05, 3.63) is 12.7 Å². The van der Waals surface area contributed by atoms with Crippen LogP contribution in [0.3, 0.4) is 0 Å². The van der Waals surface area contributed by atoms with E-state index in [9.17, 15) is 4.79 Å². The van der Waals surface area contributed by atoms with Gasteiger partial charge >= 0.3 is 0 Å². The van der Waals surface area contributed by atoms with Crippen molar-refractivity contribution in [2.75, 3.05) is 21.1 Å². The predicted molar refractivity (Wildman–Crippen MR) is 51.0 cm³/mol. The Morgan fingerprint density at radius 1 is 1.67 bits per heavy atom. The van der Waals surface area contributed by atoms with Crippen LogP contribution in [0.2, 0.25) is 0 Å². The zero-order chi connectivity index (χ0) is 9.56. The summed E-state index contributed by atoms with van der Waals surface area (Å²) in [7, 11) is 5.47. The highest BCUT2D eigenvalue weighted by atomic mass is 16.2. The minimum absolute atomic E-state index is 0.0343. The Bertz CT molecular complexity index is 155. The van der Waals surface area contributed by atoms with E-state index in [1.807, 2.05) is 25.1 Å². The fourth-order valence-electron chi connectivity index (χ4n) is 1.07. The van der Waals surface area contributed by atoms with E-state index in [0.29, 0.717) is 0 Å². The lowest BCUT2D eigenvalue weighted by Gasteiger charge is -2.21. The molecule has 1 amide bonds. The first-order chi connectivity index (χ1) is 5.63. The number of carbonyl (C=O) groups excluding carboxylic acids is 1. The first-order valence-corrected chi connectivity index (χ1v) is 4.12. The van der Waals surface area contributed by atoms with Crippen molar-refractivity contribution in [3.63, 3.8) is 0 Å². The van der Waals surface area contributed by atoms with E-state index in [1.54, 1.807) is 7.05 Å². The third kappa shape index (κ3) is 3.53. The van der Waals surface area contributed by atoms with Crippen molar-refractivity contribution in [2.24, 2.45) is 0 Å². The van der Waals surface area contributed by atoms with Crippen molar-refractivity contribution in [3.8, 4) is 0 Å². The molecule has 70 valence electrons. The van der Waals surface area contributed by atoms with E-state index < -0.39 is 0 Å². The quantitative estimate of drug-likeness (QED) is 0.614. The molecular weight excluding hydrogens is 152 g/mol. The summed E-state index contributed by atoms with van der Waals surface area (Å²) in [6.45, 7) is 3.63. The molecule has 1 unspecified atom stereocenters. The number of carbonyl (C=O) groups is 1. The second-order valence-corrected chi connectivity index (χ2v) is 2.96. The van der Waals surface area contributed by atoms with Crippen LogP contribution in [0.1, 0.15) is 12.8 Å². The molecule has 1 N–H and O–H groups in total. The van der Waals surface area contributed by atoms with Crippen LogP contribution in [-0.4, -0.2) is 38.0 Å². The van der Waals surface area contributed by atoms with Gasteiger partial charge in [-0.1, -0.05) is 6.08 Å². The normalized spacial score (nSPS) is 12.7. The van der Waals surface area contributed by atoms with Crippen molar-refractivity contribution in [1.29, 1.82) is 0 Å². The fraction of sp³-hybridized carbons (Fsp3) is 0.667. The number of hydrogen-bond acceptors (Lipinski definition) is 2. The molecule has 0 fully saturated rings. The summed E-state index contributed by atoms with van der Waals surface area (Å²) in [5.74, 6) is 0.0712. The average Bonchev–Trinajstić information content (AvgIpc) is 2.04. The Kier molecular flexibility index (Phi) is 5.37. The Morgan fingerprint density at radius 2 is 2.25 bits per heavy atom. The van der Waals surface area contributed by atoms with Gasteiger partial charge in [-0.3, -0.25) is 9.69 Å². The predicted octanol–water partition coefficient (Wildman–Crippen LogP) is 0.629. The molecule has 0 aliphatic carbocycles. The summed E-state index contributed by atoms with van der Waals surface area (Å²) in [5.41, 5.74) is 0. The molecule has 0 spiro atoms. The lowest BCUT2D eigenvalue weighted by atomic mass is 10.1. The zero-order valence-corrected chi connectivity index (χ0v) is 8.13. The number of nitrogens with one attached hydrogen (secondary N) is 1. The van der Waals surface area contributed by atoms with Crippen LogP contribution in [0.15, 0.2) is 12.7 Å². The molecule has 0 radical (unpaired) electrons. The molecular formula is C9H18N2O. The Hall–Kier alpha value is -0.830. The Balaban J connectivity index is 4.03. The van der Waals surface area contributed by atoms with Crippen molar-refractivity contribution in [1.82, 2.24) is 10.2 Å². The highest BCUT2D eigenvalue weighted by Crippen LogP contribution is 2.03.